The van der Waals surface area contributed by atoms with Gasteiger partial charge in [0.1, 0.15) is 0 Å². The van der Waals surface area contributed by atoms with Crippen molar-refractivity contribution >= 4 is 0 Å². The van der Waals surface area contributed by atoms with Gasteiger partial charge < -0.3 is 10.6 Å². The smallest absolute Gasteiger partial charge is 0.00393 e. The van der Waals surface area contributed by atoms with E-state index in [2.05, 4.69) is 25.7 Å². The number of hydrogen-bond donors (Lipinski definition) is 1. The second-order valence-electron chi connectivity index (χ2n) is 4.07. The zero-order valence-corrected chi connectivity index (χ0v) is 10.3. The first-order chi connectivity index (χ1) is 6.74. The maximum Gasteiger partial charge on any atom is 0.00393 e. The molecule has 0 aromatic heterocycles. The first kappa shape index (κ1) is 13.9. The Morgan fingerprint density at radius 1 is 1.00 bits per heavy atom. The number of nitrogens with zero attached hydrogens (tertiary/aromatic N) is 1. The molecule has 0 aliphatic carbocycles. The molecule has 2 nitrogen and oxygen atoms in total. The van der Waals surface area contributed by atoms with Crippen LogP contribution in [0.25, 0.3) is 0 Å². The third kappa shape index (κ3) is 7.34. The van der Waals surface area contributed by atoms with Crippen molar-refractivity contribution in [3.63, 3.8) is 0 Å². The highest BCUT2D eigenvalue weighted by Crippen LogP contribution is 2.05. The van der Waals surface area contributed by atoms with Crippen LogP contribution in [-0.4, -0.2) is 30.6 Å². The lowest BCUT2D eigenvalue weighted by atomic mass is 10.1. The van der Waals surface area contributed by atoms with Gasteiger partial charge in [-0.3, -0.25) is 0 Å². The maximum absolute atomic E-state index is 6.01. The van der Waals surface area contributed by atoms with Crippen LogP contribution in [0.15, 0.2) is 0 Å². The third-order valence-corrected chi connectivity index (χ3v) is 2.87. The second kappa shape index (κ2) is 9.47. The van der Waals surface area contributed by atoms with Crippen molar-refractivity contribution in [1.82, 2.24) is 4.90 Å². The van der Waals surface area contributed by atoms with Gasteiger partial charge in [0.15, 0.2) is 0 Å². The molecule has 0 heterocycles. The molecule has 0 aromatic rings. The highest BCUT2D eigenvalue weighted by Gasteiger charge is 2.03. The lowest BCUT2D eigenvalue weighted by molar-refractivity contribution is 0.291. The van der Waals surface area contributed by atoms with Crippen LogP contribution < -0.4 is 5.73 Å². The first-order valence-corrected chi connectivity index (χ1v) is 6.22. The Kier molecular flexibility index (Phi) is 9.42. The van der Waals surface area contributed by atoms with E-state index in [-0.39, 0.29) is 0 Å². The van der Waals surface area contributed by atoms with Crippen LogP contribution in [0.3, 0.4) is 0 Å². The van der Waals surface area contributed by atoms with Crippen molar-refractivity contribution in [3.05, 3.63) is 0 Å². The van der Waals surface area contributed by atoms with Crippen molar-refractivity contribution in [2.75, 3.05) is 19.6 Å². The van der Waals surface area contributed by atoms with Crippen molar-refractivity contribution in [3.8, 4) is 0 Å². The molecule has 2 N–H and O–H groups in total. The fourth-order valence-corrected chi connectivity index (χ4v) is 1.73. The van der Waals surface area contributed by atoms with Gasteiger partial charge in [0.2, 0.25) is 0 Å². The molecule has 0 amide bonds. The van der Waals surface area contributed by atoms with Gasteiger partial charge in [-0.1, -0.05) is 33.6 Å². The van der Waals surface area contributed by atoms with Crippen LogP contribution in [0.2, 0.25) is 0 Å². The minimum Gasteiger partial charge on any atom is -0.328 e. The summed E-state index contributed by atoms with van der Waals surface area (Å²) in [5.74, 6) is 0. The number of hydrogen-bond acceptors (Lipinski definition) is 2. The Morgan fingerprint density at radius 3 is 2.07 bits per heavy atom. The van der Waals surface area contributed by atoms with Gasteiger partial charge in [-0.05, 0) is 38.9 Å². The normalized spacial score (nSPS) is 13.5. The van der Waals surface area contributed by atoms with E-state index < -0.39 is 0 Å². The molecule has 0 rings (SSSR count). The lowest BCUT2D eigenvalue weighted by Crippen LogP contribution is -2.26. The van der Waals surface area contributed by atoms with Gasteiger partial charge in [0.05, 0.1) is 0 Å². The molecular formula is C12H28N2. The SMILES string of the molecule is CCCCC(N)CCCN(CC)CC. The topological polar surface area (TPSA) is 29.3 Å². The molecule has 86 valence electrons. The Morgan fingerprint density at radius 2 is 1.57 bits per heavy atom. The van der Waals surface area contributed by atoms with Gasteiger partial charge in [0.25, 0.3) is 0 Å². The standard InChI is InChI=1S/C12H28N2/c1-4-7-9-12(13)10-8-11-14(5-2)6-3/h12H,4-11,13H2,1-3H3. The fraction of sp³-hybridized carbons (Fsp3) is 1.00. The predicted molar refractivity (Wildman–Crippen MR) is 64.5 cm³/mol. The molecule has 0 saturated heterocycles. The van der Waals surface area contributed by atoms with Crippen molar-refractivity contribution in [1.29, 1.82) is 0 Å². The molecule has 0 spiro atoms. The van der Waals surface area contributed by atoms with Crippen LogP contribution in [0.4, 0.5) is 0 Å². The summed E-state index contributed by atoms with van der Waals surface area (Å²) in [6, 6.07) is 0.436. The third-order valence-electron chi connectivity index (χ3n) is 2.87. The zero-order valence-electron chi connectivity index (χ0n) is 10.3. The number of rotatable bonds is 9. The molecule has 14 heavy (non-hydrogen) atoms. The average Bonchev–Trinajstić information content (AvgIpc) is 2.21. The van der Waals surface area contributed by atoms with Crippen LogP contribution in [0, 0.1) is 0 Å². The minimum atomic E-state index is 0.436. The summed E-state index contributed by atoms with van der Waals surface area (Å²) >= 11 is 0. The molecule has 0 bridgehead atoms. The van der Waals surface area contributed by atoms with Gasteiger partial charge >= 0.3 is 0 Å². The van der Waals surface area contributed by atoms with E-state index >= 15 is 0 Å². The van der Waals surface area contributed by atoms with Crippen LogP contribution in [0.5, 0.6) is 0 Å². The predicted octanol–water partition coefficient (Wildman–Crippen LogP) is 2.63. The van der Waals surface area contributed by atoms with Gasteiger partial charge in [-0.25, -0.2) is 0 Å². The molecule has 1 unspecified atom stereocenters. The summed E-state index contributed by atoms with van der Waals surface area (Å²) in [5, 5.41) is 0. The Bertz CT molecular complexity index is 111. The summed E-state index contributed by atoms with van der Waals surface area (Å²) in [6.07, 6.45) is 6.20. The van der Waals surface area contributed by atoms with E-state index in [4.69, 9.17) is 5.73 Å². The molecule has 0 saturated carbocycles. The van der Waals surface area contributed by atoms with E-state index in [1.807, 2.05) is 0 Å². The Labute approximate surface area is 89.9 Å². The van der Waals surface area contributed by atoms with E-state index in [0.717, 1.165) is 0 Å². The van der Waals surface area contributed by atoms with Crippen LogP contribution in [-0.2, 0) is 0 Å². The minimum absolute atomic E-state index is 0.436. The van der Waals surface area contributed by atoms with Crippen molar-refractivity contribution < 1.29 is 0 Å². The maximum atomic E-state index is 6.01. The van der Waals surface area contributed by atoms with E-state index in [1.165, 1.54) is 51.7 Å². The molecule has 0 fully saturated rings. The fourth-order valence-electron chi connectivity index (χ4n) is 1.73. The van der Waals surface area contributed by atoms with Crippen LogP contribution in [0.1, 0.15) is 52.9 Å². The summed E-state index contributed by atoms with van der Waals surface area (Å²) in [4.78, 5) is 2.46. The summed E-state index contributed by atoms with van der Waals surface area (Å²) in [5.41, 5.74) is 6.01. The largest absolute Gasteiger partial charge is 0.328 e. The molecular weight excluding hydrogens is 172 g/mol. The second-order valence-corrected chi connectivity index (χ2v) is 4.07. The van der Waals surface area contributed by atoms with Gasteiger partial charge in [-0.15, -0.1) is 0 Å². The number of nitrogens with two attached hydrogens (primary N) is 1. The van der Waals surface area contributed by atoms with Crippen molar-refractivity contribution in [2.45, 2.75) is 58.9 Å². The Balaban J connectivity index is 3.33. The summed E-state index contributed by atoms with van der Waals surface area (Å²) in [6.45, 7) is 10.2. The monoisotopic (exact) mass is 200 g/mol. The average molecular weight is 200 g/mol. The van der Waals surface area contributed by atoms with Gasteiger partial charge in [0, 0.05) is 6.04 Å². The highest BCUT2D eigenvalue weighted by molar-refractivity contribution is 4.63. The zero-order chi connectivity index (χ0) is 10.8. The lowest BCUT2D eigenvalue weighted by Gasteiger charge is -2.19. The molecule has 0 aliphatic heterocycles. The van der Waals surface area contributed by atoms with E-state index in [1.54, 1.807) is 0 Å². The molecule has 0 radical (unpaired) electrons. The molecule has 2 heteroatoms. The number of unbranched alkanes of at least 4 members (excludes halogenated alkanes) is 1. The molecule has 0 aromatic carbocycles. The van der Waals surface area contributed by atoms with E-state index in [9.17, 15) is 0 Å². The van der Waals surface area contributed by atoms with E-state index in [0.29, 0.717) is 6.04 Å². The summed E-state index contributed by atoms with van der Waals surface area (Å²) < 4.78 is 0. The van der Waals surface area contributed by atoms with Gasteiger partial charge in [-0.2, -0.15) is 0 Å². The van der Waals surface area contributed by atoms with Crippen LogP contribution >= 0.6 is 0 Å². The summed E-state index contributed by atoms with van der Waals surface area (Å²) in [7, 11) is 0. The van der Waals surface area contributed by atoms with Crippen molar-refractivity contribution in [2.24, 2.45) is 5.73 Å². The highest BCUT2D eigenvalue weighted by atomic mass is 15.1. The first-order valence-electron chi connectivity index (χ1n) is 6.22. The molecule has 1 atom stereocenters. The quantitative estimate of drug-likeness (QED) is 0.620. The molecule has 0 aliphatic rings. The Hall–Kier alpha value is -0.0800.